The van der Waals surface area contributed by atoms with E-state index in [2.05, 4.69) is 13.5 Å². The maximum atomic E-state index is 11.1. The third kappa shape index (κ3) is 4.30. The van der Waals surface area contributed by atoms with Crippen molar-refractivity contribution in [2.75, 3.05) is 0 Å². The van der Waals surface area contributed by atoms with E-state index in [0.717, 1.165) is 11.4 Å². The maximum Gasteiger partial charge on any atom is 0.155 e. The van der Waals surface area contributed by atoms with Crippen LogP contribution in [0.25, 0.3) is 0 Å². The third-order valence-corrected chi connectivity index (χ3v) is 2.53. The molecule has 2 heteroatoms. The van der Waals surface area contributed by atoms with Crippen molar-refractivity contribution < 1.29 is 4.79 Å². The molecule has 0 amide bonds. The van der Waals surface area contributed by atoms with Gasteiger partial charge in [0.1, 0.15) is 0 Å². The van der Waals surface area contributed by atoms with Crippen LogP contribution in [0.15, 0.2) is 36.9 Å². The number of allylic oxidation sites excluding steroid dienone is 1. The molecule has 0 aliphatic rings. The molecule has 0 saturated carbocycles. The number of benzene rings is 1. The fraction of sp³-hybridized carbons (Fsp3) is 0.308. The fourth-order valence-electron chi connectivity index (χ4n) is 1.52. The van der Waals surface area contributed by atoms with Gasteiger partial charge in [0.05, 0.1) is 0 Å². The second kappa shape index (κ2) is 5.72. The van der Waals surface area contributed by atoms with Gasteiger partial charge < -0.3 is 0 Å². The maximum absolute atomic E-state index is 11.1. The molecule has 0 heterocycles. The van der Waals surface area contributed by atoms with Gasteiger partial charge in [-0.25, -0.2) is 0 Å². The normalized spacial score (nSPS) is 12.1. The average Bonchev–Trinajstić information content (AvgIpc) is 2.21. The van der Waals surface area contributed by atoms with Crippen LogP contribution in [0, 0.1) is 5.92 Å². The van der Waals surface area contributed by atoms with Crippen LogP contribution in [0.5, 0.6) is 0 Å². The van der Waals surface area contributed by atoms with Crippen molar-refractivity contribution >= 4 is 17.4 Å². The molecule has 1 aromatic carbocycles. The molecule has 0 radical (unpaired) electrons. The number of ketones is 1. The van der Waals surface area contributed by atoms with Gasteiger partial charge in [0.15, 0.2) is 5.78 Å². The van der Waals surface area contributed by atoms with Crippen molar-refractivity contribution in [2.24, 2.45) is 5.92 Å². The monoisotopic (exact) mass is 222 g/mol. The van der Waals surface area contributed by atoms with Gasteiger partial charge in [0.2, 0.25) is 0 Å². The van der Waals surface area contributed by atoms with E-state index in [4.69, 9.17) is 11.6 Å². The number of hydrogen-bond acceptors (Lipinski definition) is 1. The Morgan fingerprint density at radius 3 is 2.60 bits per heavy atom. The Hall–Kier alpha value is -1.08. The van der Waals surface area contributed by atoms with Gasteiger partial charge >= 0.3 is 0 Å². The van der Waals surface area contributed by atoms with E-state index < -0.39 is 0 Å². The molecular weight excluding hydrogens is 208 g/mol. The van der Waals surface area contributed by atoms with E-state index in [1.807, 2.05) is 24.3 Å². The minimum Gasteiger partial charge on any atom is -0.295 e. The summed E-state index contributed by atoms with van der Waals surface area (Å²) in [5, 5.41) is 0.744. The molecule has 1 unspecified atom stereocenters. The summed E-state index contributed by atoms with van der Waals surface area (Å²) in [5.74, 6) is 0.452. The van der Waals surface area contributed by atoms with Crippen molar-refractivity contribution in [3.63, 3.8) is 0 Å². The van der Waals surface area contributed by atoms with Crippen LogP contribution in [-0.2, 0) is 11.2 Å². The molecule has 0 aromatic heterocycles. The molecule has 1 aromatic rings. The summed E-state index contributed by atoms with van der Waals surface area (Å²) in [5.41, 5.74) is 1.21. The van der Waals surface area contributed by atoms with Crippen LogP contribution in [0.1, 0.15) is 18.9 Å². The van der Waals surface area contributed by atoms with Gasteiger partial charge in [-0.2, -0.15) is 0 Å². The van der Waals surface area contributed by atoms with Crippen LogP contribution < -0.4 is 0 Å². The van der Waals surface area contributed by atoms with Gasteiger partial charge in [-0.1, -0.05) is 37.2 Å². The Balaban J connectivity index is 2.51. The number of carbonyl (C=O) groups is 1. The predicted octanol–water partition coefficient (Wildman–Crippen LogP) is 3.66. The van der Waals surface area contributed by atoms with Gasteiger partial charge in [0.25, 0.3) is 0 Å². The molecule has 0 saturated heterocycles. The molecule has 0 bridgehead atoms. The SMILES string of the molecule is C=CC(=O)CC(C)Cc1ccc(Cl)cc1. The highest BCUT2D eigenvalue weighted by atomic mass is 35.5. The summed E-state index contributed by atoms with van der Waals surface area (Å²) >= 11 is 5.79. The van der Waals surface area contributed by atoms with Crippen molar-refractivity contribution in [3.05, 3.63) is 47.5 Å². The molecule has 80 valence electrons. The summed E-state index contributed by atoms with van der Waals surface area (Å²) < 4.78 is 0. The van der Waals surface area contributed by atoms with Gasteiger partial charge in [-0.05, 0) is 36.1 Å². The second-order valence-electron chi connectivity index (χ2n) is 3.81. The quantitative estimate of drug-likeness (QED) is 0.695. The highest BCUT2D eigenvalue weighted by Gasteiger charge is 2.07. The molecule has 1 atom stereocenters. The largest absolute Gasteiger partial charge is 0.295 e. The molecule has 15 heavy (non-hydrogen) atoms. The Labute approximate surface area is 95.8 Å². The Morgan fingerprint density at radius 1 is 1.47 bits per heavy atom. The van der Waals surface area contributed by atoms with Crippen LogP contribution in [0.3, 0.4) is 0 Å². The number of rotatable bonds is 5. The van der Waals surface area contributed by atoms with E-state index in [1.54, 1.807) is 0 Å². The summed E-state index contributed by atoms with van der Waals surface area (Å²) in [6.07, 6.45) is 2.85. The Morgan fingerprint density at radius 2 is 2.07 bits per heavy atom. The number of halogens is 1. The van der Waals surface area contributed by atoms with Crippen LogP contribution in [-0.4, -0.2) is 5.78 Å². The van der Waals surface area contributed by atoms with E-state index in [-0.39, 0.29) is 5.78 Å². The lowest BCUT2D eigenvalue weighted by atomic mass is 9.96. The zero-order chi connectivity index (χ0) is 11.3. The predicted molar refractivity (Wildman–Crippen MR) is 64.1 cm³/mol. The van der Waals surface area contributed by atoms with E-state index in [1.165, 1.54) is 11.6 Å². The van der Waals surface area contributed by atoms with Gasteiger partial charge in [-0.3, -0.25) is 4.79 Å². The highest BCUT2D eigenvalue weighted by molar-refractivity contribution is 6.30. The molecular formula is C13H15ClO. The van der Waals surface area contributed by atoms with Crippen LogP contribution in [0.4, 0.5) is 0 Å². The van der Waals surface area contributed by atoms with Crippen LogP contribution in [0.2, 0.25) is 5.02 Å². The van der Waals surface area contributed by atoms with Crippen molar-refractivity contribution in [1.82, 2.24) is 0 Å². The summed E-state index contributed by atoms with van der Waals surface area (Å²) in [4.78, 5) is 11.1. The lowest BCUT2D eigenvalue weighted by Crippen LogP contribution is -2.05. The molecule has 0 aliphatic heterocycles. The zero-order valence-corrected chi connectivity index (χ0v) is 9.63. The fourth-order valence-corrected chi connectivity index (χ4v) is 1.65. The molecule has 0 fully saturated rings. The van der Waals surface area contributed by atoms with E-state index >= 15 is 0 Å². The smallest absolute Gasteiger partial charge is 0.155 e. The van der Waals surface area contributed by atoms with Crippen molar-refractivity contribution in [2.45, 2.75) is 19.8 Å². The van der Waals surface area contributed by atoms with Crippen molar-refractivity contribution in [3.8, 4) is 0 Å². The summed E-state index contributed by atoms with van der Waals surface area (Å²) in [7, 11) is 0. The summed E-state index contributed by atoms with van der Waals surface area (Å²) in [6.45, 7) is 5.53. The third-order valence-electron chi connectivity index (χ3n) is 2.27. The second-order valence-corrected chi connectivity index (χ2v) is 4.25. The highest BCUT2D eigenvalue weighted by Crippen LogP contribution is 2.15. The van der Waals surface area contributed by atoms with E-state index in [9.17, 15) is 4.79 Å². The first kappa shape index (κ1) is 12.0. The Bertz CT molecular complexity index is 340. The number of hydrogen-bond donors (Lipinski definition) is 0. The van der Waals surface area contributed by atoms with E-state index in [0.29, 0.717) is 12.3 Å². The first-order chi connectivity index (χ1) is 7.11. The molecule has 0 spiro atoms. The zero-order valence-electron chi connectivity index (χ0n) is 8.87. The molecule has 0 N–H and O–H groups in total. The van der Waals surface area contributed by atoms with Gasteiger partial charge in [0, 0.05) is 11.4 Å². The van der Waals surface area contributed by atoms with Gasteiger partial charge in [-0.15, -0.1) is 0 Å². The van der Waals surface area contributed by atoms with Crippen molar-refractivity contribution in [1.29, 1.82) is 0 Å². The Kier molecular flexibility index (Phi) is 4.57. The minimum atomic E-state index is 0.108. The molecule has 1 rings (SSSR count). The first-order valence-corrected chi connectivity index (χ1v) is 5.39. The average molecular weight is 223 g/mol. The standard InChI is InChI=1S/C13H15ClO/c1-3-13(15)9-10(2)8-11-4-6-12(14)7-5-11/h3-7,10H,1,8-9H2,2H3. The molecule has 0 aliphatic carbocycles. The summed E-state index contributed by atoms with van der Waals surface area (Å²) in [6, 6.07) is 7.74. The first-order valence-electron chi connectivity index (χ1n) is 5.01. The topological polar surface area (TPSA) is 17.1 Å². The lowest BCUT2D eigenvalue weighted by molar-refractivity contribution is -0.115. The lowest BCUT2D eigenvalue weighted by Gasteiger charge is -2.09. The van der Waals surface area contributed by atoms with Crippen LogP contribution >= 0.6 is 11.6 Å². The number of carbonyl (C=O) groups excluding carboxylic acids is 1. The minimum absolute atomic E-state index is 0.108. The molecule has 1 nitrogen and oxygen atoms in total.